The van der Waals surface area contributed by atoms with Crippen LogP contribution in [0.25, 0.3) is 0 Å². The van der Waals surface area contributed by atoms with Crippen LogP contribution in [0.1, 0.15) is 12.8 Å². The van der Waals surface area contributed by atoms with Crippen molar-refractivity contribution >= 4 is 17.8 Å². The second kappa shape index (κ2) is 3.46. The third kappa shape index (κ3) is 1.88. The molecule has 0 aromatic rings. The van der Waals surface area contributed by atoms with Gasteiger partial charge in [0.05, 0.1) is 5.37 Å². The number of carbonyl (C=O) groups excluding carboxylic acids is 1. The van der Waals surface area contributed by atoms with E-state index in [2.05, 4.69) is 23.5 Å². The zero-order valence-corrected chi connectivity index (χ0v) is 8.01. The third-order valence-corrected chi connectivity index (χ3v) is 3.64. The summed E-state index contributed by atoms with van der Waals surface area (Å²) in [6.07, 6.45) is 8.47. The van der Waals surface area contributed by atoms with Gasteiger partial charge in [0.15, 0.2) is 0 Å². The molecular formula is C9H12N2OS. The number of primary amides is 1. The van der Waals surface area contributed by atoms with E-state index in [1.165, 1.54) is 4.91 Å². The summed E-state index contributed by atoms with van der Waals surface area (Å²) in [4.78, 5) is 12.0. The van der Waals surface area contributed by atoms with E-state index in [1.54, 1.807) is 11.8 Å². The molecule has 0 saturated carbocycles. The molecule has 3 N–H and O–H groups in total. The molecule has 0 radical (unpaired) electrons. The van der Waals surface area contributed by atoms with Gasteiger partial charge >= 0.3 is 6.03 Å². The Morgan fingerprint density at radius 3 is 3.23 bits per heavy atom. The monoisotopic (exact) mass is 196 g/mol. The quantitative estimate of drug-likeness (QED) is 0.669. The number of thioether (sulfide) groups is 1. The summed E-state index contributed by atoms with van der Waals surface area (Å²) in [6.45, 7) is 0. The lowest BCUT2D eigenvalue weighted by molar-refractivity contribution is 0.247. The van der Waals surface area contributed by atoms with Crippen LogP contribution in [-0.4, -0.2) is 11.4 Å². The Morgan fingerprint density at radius 1 is 1.69 bits per heavy atom. The standard InChI is InChI=1S/C9H12N2OS/c10-9(12)11-8-5-6-3-1-2-4-7(6)13-8/h1-2,4,6,8H,3,5H2,(H3,10,11,12). The lowest BCUT2D eigenvalue weighted by Gasteiger charge is -2.10. The molecule has 0 bridgehead atoms. The molecule has 4 heteroatoms. The topological polar surface area (TPSA) is 55.1 Å². The highest BCUT2D eigenvalue weighted by atomic mass is 32.2. The Hall–Kier alpha value is -0.900. The molecule has 70 valence electrons. The molecule has 0 aromatic heterocycles. The van der Waals surface area contributed by atoms with E-state index >= 15 is 0 Å². The number of nitrogens with one attached hydrogen (secondary N) is 1. The minimum absolute atomic E-state index is 0.175. The largest absolute Gasteiger partial charge is 0.352 e. The molecule has 2 rings (SSSR count). The first kappa shape index (κ1) is 8.69. The molecule has 0 aromatic carbocycles. The number of hydrogen-bond acceptors (Lipinski definition) is 2. The summed E-state index contributed by atoms with van der Waals surface area (Å²) in [6, 6.07) is -0.426. The maximum atomic E-state index is 10.6. The number of urea groups is 1. The van der Waals surface area contributed by atoms with E-state index in [-0.39, 0.29) is 5.37 Å². The summed E-state index contributed by atoms with van der Waals surface area (Å²) in [5.41, 5.74) is 5.06. The second-order valence-electron chi connectivity index (χ2n) is 3.28. The minimum Gasteiger partial charge on any atom is -0.352 e. The summed E-state index contributed by atoms with van der Waals surface area (Å²) < 4.78 is 0. The number of nitrogens with two attached hydrogens (primary N) is 1. The molecule has 1 aliphatic heterocycles. The SMILES string of the molecule is NC(=O)NC1CC2CC=CC=C2S1. The Kier molecular flexibility index (Phi) is 2.31. The van der Waals surface area contributed by atoms with Gasteiger partial charge in [-0.3, -0.25) is 0 Å². The Balaban J connectivity index is 1.98. The van der Waals surface area contributed by atoms with Gasteiger partial charge in [0, 0.05) is 0 Å². The maximum absolute atomic E-state index is 10.6. The molecule has 1 saturated heterocycles. The maximum Gasteiger partial charge on any atom is 0.313 e. The Labute approximate surface area is 81.4 Å². The first-order chi connectivity index (χ1) is 6.25. The van der Waals surface area contributed by atoms with E-state index in [0.29, 0.717) is 5.92 Å². The van der Waals surface area contributed by atoms with Crippen LogP contribution >= 0.6 is 11.8 Å². The molecule has 2 atom stereocenters. The van der Waals surface area contributed by atoms with Gasteiger partial charge in [-0.15, -0.1) is 11.8 Å². The lowest BCUT2D eigenvalue weighted by Crippen LogP contribution is -2.35. The van der Waals surface area contributed by atoms with Crippen molar-refractivity contribution in [1.82, 2.24) is 5.32 Å². The van der Waals surface area contributed by atoms with Gasteiger partial charge in [-0.05, 0) is 23.7 Å². The van der Waals surface area contributed by atoms with Crippen LogP contribution in [0.15, 0.2) is 23.1 Å². The number of carbonyl (C=O) groups is 1. The fourth-order valence-electron chi connectivity index (χ4n) is 1.72. The van der Waals surface area contributed by atoms with E-state index in [1.807, 2.05) is 0 Å². The van der Waals surface area contributed by atoms with Crippen LogP contribution in [0.2, 0.25) is 0 Å². The number of rotatable bonds is 1. The van der Waals surface area contributed by atoms with Crippen LogP contribution in [-0.2, 0) is 0 Å². The molecule has 0 spiro atoms. The first-order valence-electron chi connectivity index (χ1n) is 4.35. The van der Waals surface area contributed by atoms with Gasteiger partial charge in [-0.2, -0.15) is 0 Å². The van der Waals surface area contributed by atoms with Crippen LogP contribution < -0.4 is 11.1 Å². The number of amides is 2. The van der Waals surface area contributed by atoms with Crippen LogP contribution in [0, 0.1) is 5.92 Å². The first-order valence-corrected chi connectivity index (χ1v) is 5.23. The van der Waals surface area contributed by atoms with Crippen molar-refractivity contribution in [3.05, 3.63) is 23.1 Å². The molecule has 3 nitrogen and oxygen atoms in total. The average Bonchev–Trinajstić information content (AvgIpc) is 2.44. The van der Waals surface area contributed by atoms with Gasteiger partial charge in [0.25, 0.3) is 0 Å². The highest BCUT2D eigenvalue weighted by Gasteiger charge is 2.30. The van der Waals surface area contributed by atoms with Gasteiger partial charge in [0.2, 0.25) is 0 Å². The van der Waals surface area contributed by atoms with Crippen molar-refractivity contribution in [1.29, 1.82) is 0 Å². The lowest BCUT2D eigenvalue weighted by atomic mass is 9.97. The van der Waals surface area contributed by atoms with Crippen LogP contribution in [0.5, 0.6) is 0 Å². The highest BCUT2D eigenvalue weighted by Crippen LogP contribution is 2.43. The number of fused-ring (bicyclic) bond motifs is 1. The molecule has 2 unspecified atom stereocenters. The van der Waals surface area contributed by atoms with Crippen molar-refractivity contribution < 1.29 is 4.79 Å². The Morgan fingerprint density at radius 2 is 2.54 bits per heavy atom. The fourth-order valence-corrected chi connectivity index (χ4v) is 3.10. The molecule has 13 heavy (non-hydrogen) atoms. The summed E-state index contributed by atoms with van der Waals surface area (Å²) in [5, 5.41) is 2.91. The molecule has 1 heterocycles. The van der Waals surface area contributed by atoms with E-state index in [9.17, 15) is 4.79 Å². The van der Waals surface area contributed by atoms with E-state index in [0.717, 1.165) is 12.8 Å². The highest BCUT2D eigenvalue weighted by molar-refractivity contribution is 8.03. The van der Waals surface area contributed by atoms with Crippen molar-refractivity contribution in [3.8, 4) is 0 Å². The summed E-state index contributed by atoms with van der Waals surface area (Å²) >= 11 is 1.72. The predicted octanol–water partition coefficient (Wildman–Crippen LogP) is 1.58. The summed E-state index contributed by atoms with van der Waals surface area (Å²) in [5.74, 6) is 0.604. The minimum atomic E-state index is -0.426. The van der Waals surface area contributed by atoms with Crippen molar-refractivity contribution in [3.63, 3.8) is 0 Å². The molecular weight excluding hydrogens is 184 g/mol. The number of allylic oxidation sites excluding steroid dienone is 4. The molecule has 1 fully saturated rings. The van der Waals surface area contributed by atoms with E-state index in [4.69, 9.17) is 5.73 Å². The second-order valence-corrected chi connectivity index (χ2v) is 4.56. The van der Waals surface area contributed by atoms with Crippen LogP contribution in [0.3, 0.4) is 0 Å². The van der Waals surface area contributed by atoms with Crippen molar-refractivity contribution in [2.45, 2.75) is 18.2 Å². The zero-order chi connectivity index (χ0) is 9.26. The van der Waals surface area contributed by atoms with Crippen LogP contribution in [0.4, 0.5) is 4.79 Å². The van der Waals surface area contributed by atoms with Crippen molar-refractivity contribution in [2.75, 3.05) is 0 Å². The molecule has 2 amide bonds. The Bertz CT molecular complexity index is 285. The number of hydrogen-bond donors (Lipinski definition) is 2. The third-order valence-electron chi connectivity index (χ3n) is 2.30. The zero-order valence-electron chi connectivity index (χ0n) is 7.19. The smallest absolute Gasteiger partial charge is 0.313 e. The predicted molar refractivity (Wildman–Crippen MR) is 54.0 cm³/mol. The van der Waals surface area contributed by atoms with Gasteiger partial charge in [0.1, 0.15) is 0 Å². The molecule has 2 aliphatic rings. The fraction of sp³-hybridized carbons (Fsp3) is 0.444. The molecule has 1 aliphatic carbocycles. The van der Waals surface area contributed by atoms with Gasteiger partial charge in [-0.1, -0.05) is 18.2 Å². The van der Waals surface area contributed by atoms with Crippen molar-refractivity contribution in [2.24, 2.45) is 11.7 Å². The van der Waals surface area contributed by atoms with Gasteiger partial charge in [-0.25, -0.2) is 4.79 Å². The van der Waals surface area contributed by atoms with Gasteiger partial charge < -0.3 is 11.1 Å². The summed E-state index contributed by atoms with van der Waals surface area (Å²) in [7, 11) is 0. The normalized spacial score (nSPS) is 30.9. The van der Waals surface area contributed by atoms with E-state index < -0.39 is 6.03 Å². The average molecular weight is 196 g/mol.